The van der Waals surface area contributed by atoms with E-state index in [2.05, 4.69) is 23.0 Å². The Labute approximate surface area is 90.4 Å². The number of pyridine rings is 1. The number of hydrogen-bond donors (Lipinski definition) is 0. The minimum atomic E-state index is 0.585. The molecule has 0 atom stereocenters. The van der Waals surface area contributed by atoms with Crippen molar-refractivity contribution in [2.45, 2.75) is 31.7 Å². The lowest BCUT2D eigenvalue weighted by atomic mass is 10.1. The van der Waals surface area contributed by atoms with Gasteiger partial charge < -0.3 is 4.90 Å². The third-order valence-corrected chi connectivity index (χ3v) is 3.17. The summed E-state index contributed by atoms with van der Waals surface area (Å²) in [6.07, 6.45) is 8.53. The maximum absolute atomic E-state index is 9.01. The summed E-state index contributed by atoms with van der Waals surface area (Å²) in [4.78, 5) is 6.30. The lowest BCUT2D eigenvalue weighted by Crippen LogP contribution is -2.29. The quantitative estimate of drug-likeness (QED) is 0.737. The maximum Gasteiger partial charge on any atom is 0.101 e. The highest BCUT2D eigenvalue weighted by Crippen LogP contribution is 2.28. The van der Waals surface area contributed by atoms with Crippen LogP contribution in [0.1, 0.15) is 31.2 Å². The molecule has 0 radical (unpaired) electrons. The predicted molar refractivity (Wildman–Crippen MR) is 59.6 cm³/mol. The zero-order valence-electron chi connectivity index (χ0n) is 8.98. The van der Waals surface area contributed by atoms with Crippen LogP contribution < -0.4 is 4.90 Å². The van der Waals surface area contributed by atoms with Crippen LogP contribution >= 0.6 is 0 Å². The molecule has 1 aromatic rings. The first kappa shape index (κ1) is 9.97. The SMILES string of the molecule is CN(c1cnccc1C#N)C1CCCC1. The summed E-state index contributed by atoms with van der Waals surface area (Å²) in [6, 6.07) is 4.58. The summed E-state index contributed by atoms with van der Waals surface area (Å²) in [5.74, 6) is 0. The lowest BCUT2D eigenvalue weighted by molar-refractivity contribution is 0.652. The first-order chi connectivity index (χ1) is 7.33. The van der Waals surface area contributed by atoms with Gasteiger partial charge in [-0.15, -0.1) is 0 Å². The molecule has 0 unspecified atom stereocenters. The van der Waals surface area contributed by atoms with Crippen LogP contribution in [-0.4, -0.2) is 18.1 Å². The predicted octanol–water partition coefficient (Wildman–Crippen LogP) is 2.33. The summed E-state index contributed by atoms with van der Waals surface area (Å²) in [5, 5.41) is 9.01. The van der Waals surface area contributed by atoms with E-state index in [-0.39, 0.29) is 0 Å². The summed E-state index contributed by atoms with van der Waals surface area (Å²) >= 11 is 0. The Kier molecular flexibility index (Phi) is 2.86. The molecule has 0 aromatic carbocycles. The van der Waals surface area contributed by atoms with Crippen molar-refractivity contribution in [3.8, 4) is 6.07 Å². The maximum atomic E-state index is 9.01. The highest BCUT2D eigenvalue weighted by molar-refractivity contribution is 5.57. The number of aromatic nitrogens is 1. The number of hydrogen-bond acceptors (Lipinski definition) is 3. The molecule has 0 amide bonds. The topological polar surface area (TPSA) is 39.9 Å². The second-order valence-electron chi connectivity index (χ2n) is 4.05. The van der Waals surface area contributed by atoms with E-state index in [4.69, 9.17) is 5.26 Å². The van der Waals surface area contributed by atoms with Gasteiger partial charge in [-0.1, -0.05) is 12.8 Å². The van der Waals surface area contributed by atoms with Crippen molar-refractivity contribution in [3.63, 3.8) is 0 Å². The lowest BCUT2D eigenvalue weighted by Gasteiger charge is -2.26. The number of nitriles is 1. The Balaban J connectivity index is 2.24. The Morgan fingerprint density at radius 3 is 2.87 bits per heavy atom. The molecular weight excluding hydrogens is 186 g/mol. The highest BCUT2D eigenvalue weighted by atomic mass is 15.1. The van der Waals surface area contributed by atoms with E-state index in [1.54, 1.807) is 18.5 Å². The van der Waals surface area contributed by atoms with Crippen molar-refractivity contribution in [1.82, 2.24) is 4.98 Å². The molecule has 0 saturated heterocycles. The van der Waals surface area contributed by atoms with Gasteiger partial charge in [0.15, 0.2) is 0 Å². The molecular formula is C12H15N3. The van der Waals surface area contributed by atoms with E-state index in [9.17, 15) is 0 Å². The molecule has 1 heterocycles. The molecule has 78 valence electrons. The van der Waals surface area contributed by atoms with Crippen molar-refractivity contribution in [2.75, 3.05) is 11.9 Å². The molecule has 1 saturated carbocycles. The van der Waals surface area contributed by atoms with E-state index in [0.717, 1.165) is 11.3 Å². The fourth-order valence-corrected chi connectivity index (χ4v) is 2.25. The standard InChI is InChI=1S/C12H15N3/c1-15(11-4-2-3-5-11)12-9-14-7-6-10(12)8-13/h6-7,9,11H,2-5H2,1H3. The highest BCUT2D eigenvalue weighted by Gasteiger charge is 2.21. The first-order valence-electron chi connectivity index (χ1n) is 5.40. The molecule has 0 aliphatic heterocycles. The molecule has 1 fully saturated rings. The fourth-order valence-electron chi connectivity index (χ4n) is 2.25. The third kappa shape index (κ3) is 1.94. The minimum Gasteiger partial charge on any atom is -0.369 e. The van der Waals surface area contributed by atoms with Crippen molar-refractivity contribution in [2.24, 2.45) is 0 Å². The normalized spacial score (nSPS) is 16.3. The third-order valence-electron chi connectivity index (χ3n) is 3.17. The Morgan fingerprint density at radius 2 is 2.20 bits per heavy atom. The van der Waals surface area contributed by atoms with E-state index in [1.165, 1.54) is 25.7 Å². The van der Waals surface area contributed by atoms with Crippen molar-refractivity contribution >= 4 is 5.69 Å². The number of anilines is 1. The Hall–Kier alpha value is -1.56. The van der Waals surface area contributed by atoms with Gasteiger partial charge in [0.25, 0.3) is 0 Å². The number of rotatable bonds is 2. The van der Waals surface area contributed by atoms with Crippen LogP contribution in [-0.2, 0) is 0 Å². The Bertz CT molecular complexity index is 375. The van der Waals surface area contributed by atoms with Gasteiger partial charge in [0.1, 0.15) is 6.07 Å². The molecule has 1 aliphatic rings. The largest absolute Gasteiger partial charge is 0.369 e. The van der Waals surface area contributed by atoms with Crippen molar-refractivity contribution < 1.29 is 0 Å². The van der Waals surface area contributed by atoms with Gasteiger partial charge in [-0.05, 0) is 18.9 Å². The summed E-state index contributed by atoms with van der Waals surface area (Å²) < 4.78 is 0. The molecule has 0 N–H and O–H groups in total. The van der Waals surface area contributed by atoms with E-state index in [1.807, 2.05) is 0 Å². The van der Waals surface area contributed by atoms with Crippen LogP contribution in [0.4, 0.5) is 5.69 Å². The summed E-state index contributed by atoms with van der Waals surface area (Å²) in [6.45, 7) is 0. The van der Waals surface area contributed by atoms with Gasteiger partial charge in [0.05, 0.1) is 17.4 Å². The molecule has 3 nitrogen and oxygen atoms in total. The molecule has 3 heteroatoms. The van der Waals surface area contributed by atoms with Gasteiger partial charge >= 0.3 is 0 Å². The smallest absolute Gasteiger partial charge is 0.101 e. The molecule has 1 aromatic heterocycles. The van der Waals surface area contributed by atoms with Gasteiger partial charge in [-0.25, -0.2) is 0 Å². The van der Waals surface area contributed by atoms with Crippen molar-refractivity contribution in [3.05, 3.63) is 24.0 Å². The first-order valence-corrected chi connectivity index (χ1v) is 5.40. The van der Waals surface area contributed by atoms with Crippen LogP contribution in [0.3, 0.4) is 0 Å². The molecule has 2 rings (SSSR count). The average Bonchev–Trinajstić information content (AvgIpc) is 2.81. The van der Waals surface area contributed by atoms with E-state index in [0.29, 0.717) is 6.04 Å². The molecule has 0 spiro atoms. The second-order valence-corrected chi connectivity index (χ2v) is 4.05. The zero-order chi connectivity index (χ0) is 10.7. The van der Waals surface area contributed by atoms with E-state index >= 15 is 0 Å². The van der Waals surface area contributed by atoms with Gasteiger partial charge in [0.2, 0.25) is 0 Å². The minimum absolute atomic E-state index is 0.585. The monoisotopic (exact) mass is 201 g/mol. The summed E-state index contributed by atoms with van der Waals surface area (Å²) in [5.41, 5.74) is 1.69. The Morgan fingerprint density at radius 1 is 1.47 bits per heavy atom. The molecule has 1 aliphatic carbocycles. The van der Waals surface area contributed by atoms with Crippen LogP contribution in [0.15, 0.2) is 18.5 Å². The van der Waals surface area contributed by atoms with Crippen LogP contribution in [0.25, 0.3) is 0 Å². The van der Waals surface area contributed by atoms with Gasteiger partial charge in [-0.3, -0.25) is 4.98 Å². The zero-order valence-corrected chi connectivity index (χ0v) is 8.98. The second kappa shape index (κ2) is 4.31. The molecule has 0 bridgehead atoms. The summed E-state index contributed by atoms with van der Waals surface area (Å²) in [7, 11) is 2.06. The number of nitrogens with zero attached hydrogens (tertiary/aromatic N) is 3. The van der Waals surface area contributed by atoms with Crippen molar-refractivity contribution in [1.29, 1.82) is 5.26 Å². The average molecular weight is 201 g/mol. The van der Waals surface area contributed by atoms with Crippen LogP contribution in [0, 0.1) is 11.3 Å². The van der Waals surface area contributed by atoms with E-state index < -0.39 is 0 Å². The molecule has 15 heavy (non-hydrogen) atoms. The van der Waals surface area contributed by atoms with Gasteiger partial charge in [0, 0.05) is 19.3 Å². The fraction of sp³-hybridized carbons (Fsp3) is 0.500. The van der Waals surface area contributed by atoms with Crippen LogP contribution in [0.5, 0.6) is 0 Å². The van der Waals surface area contributed by atoms with Gasteiger partial charge in [-0.2, -0.15) is 5.26 Å². The van der Waals surface area contributed by atoms with Crippen LogP contribution in [0.2, 0.25) is 0 Å².